The van der Waals surface area contributed by atoms with E-state index in [-0.39, 0.29) is 24.4 Å². The van der Waals surface area contributed by atoms with Crippen LogP contribution in [0, 0.1) is 5.82 Å². The fourth-order valence-electron chi connectivity index (χ4n) is 2.14. The minimum Gasteiger partial charge on any atom is -0.484 e. The summed E-state index contributed by atoms with van der Waals surface area (Å²) in [5, 5.41) is 0. The van der Waals surface area contributed by atoms with E-state index in [1.165, 1.54) is 29.2 Å². The Morgan fingerprint density at radius 3 is 2.25 bits per heavy atom. The summed E-state index contributed by atoms with van der Waals surface area (Å²) in [5.74, 6) is -0.588. The van der Waals surface area contributed by atoms with Gasteiger partial charge in [0.1, 0.15) is 11.6 Å². The van der Waals surface area contributed by atoms with Crippen LogP contribution < -0.4 is 10.5 Å². The summed E-state index contributed by atoms with van der Waals surface area (Å²) in [6.07, 6.45) is 0. The maximum absolute atomic E-state index is 13.0. The first-order chi connectivity index (χ1) is 11.4. The number of primary amides is 1. The predicted octanol–water partition coefficient (Wildman–Crippen LogP) is 2.52. The minimum absolute atomic E-state index is 0.141. The highest BCUT2D eigenvalue weighted by molar-refractivity contribution is 5.92. The van der Waals surface area contributed by atoms with E-state index in [1.54, 1.807) is 31.3 Å². The molecule has 0 saturated heterocycles. The van der Waals surface area contributed by atoms with Crippen LogP contribution in [0.1, 0.15) is 28.9 Å². The first kappa shape index (κ1) is 17.5. The van der Waals surface area contributed by atoms with E-state index in [4.69, 9.17) is 10.5 Å². The molecule has 0 bridgehead atoms. The van der Waals surface area contributed by atoms with Crippen LogP contribution in [0.3, 0.4) is 0 Å². The molecule has 0 aliphatic carbocycles. The summed E-state index contributed by atoms with van der Waals surface area (Å²) in [5.41, 5.74) is 6.36. The van der Waals surface area contributed by atoms with Crippen LogP contribution in [0.25, 0.3) is 0 Å². The Labute approximate surface area is 139 Å². The molecular formula is C18H19FN2O3. The molecule has 6 heteroatoms. The van der Waals surface area contributed by atoms with E-state index in [2.05, 4.69) is 0 Å². The standard InChI is InChI=1S/C18H19FN2O3/c1-12(13-3-7-15(19)8-4-13)21(2)17(22)11-24-16-9-5-14(6-10-16)18(20)23/h3-10,12H,11H2,1-2H3,(H2,20,23). The number of hydrogen-bond donors (Lipinski definition) is 1. The molecule has 0 spiro atoms. The van der Waals surface area contributed by atoms with Crippen molar-refractivity contribution in [2.45, 2.75) is 13.0 Å². The summed E-state index contributed by atoms with van der Waals surface area (Å²) >= 11 is 0. The summed E-state index contributed by atoms with van der Waals surface area (Å²) in [6, 6.07) is 12.0. The topological polar surface area (TPSA) is 72.6 Å². The Morgan fingerprint density at radius 1 is 1.12 bits per heavy atom. The van der Waals surface area contributed by atoms with Gasteiger partial charge < -0.3 is 15.4 Å². The average molecular weight is 330 g/mol. The molecule has 0 aromatic heterocycles. The molecule has 0 saturated carbocycles. The first-order valence-electron chi connectivity index (χ1n) is 7.42. The van der Waals surface area contributed by atoms with Crippen molar-refractivity contribution >= 4 is 11.8 Å². The molecule has 0 aliphatic rings. The zero-order valence-corrected chi connectivity index (χ0v) is 13.5. The molecule has 24 heavy (non-hydrogen) atoms. The molecule has 0 fully saturated rings. The van der Waals surface area contributed by atoms with Crippen molar-refractivity contribution in [3.05, 3.63) is 65.5 Å². The van der Waals surface area contributed by atoms with Crippen LogP contribution in [0.5, 0.6) is 5.75 Å². The summed E-state index contributed by atoms with van der Waals surface area (Å²) in [4.78, 5) is 24.8. The Bertz CT molecular complexity index is 714. The fraction of sp³-hybridized carbons (Fsp3) is 0.222. The lowest BCUT2D eigenvalue weighted by atomic mass is 10.1. The van der Waals surface area contributed by atoms with E-state index in [0.29, 0.717) is 11.3 Å². The van der Waals surface area contributed by atoms with Crippen LogP contribution in [0.4, 0.5) is 4.39 Å². The lowest BCUT2D eigenvalue weighted by Crippen LogP contribution is -2.33. The van der Waals surface area contributed by atoms with Crippen LogP contribution >= 0.6 is 0 Å². The second kappa shape index (κ2) is 7.59. The van der Waals surface area contributed by atoms with Crippen molar-refractivity contribution in [2.75, 3.05) is 13.7 Å². The highest BCUT2D eigenvalue weighted by Gasteiger charge is 2.18. The summed E-state index contributed by atoms with van der Waals surface area (Å²) < 4.78 is 18.4. The predicted molar refractivity (Wildman–Crippen MR) is 88.0 cm³/mol. The maximum atomic E-state index is 13.0. The van der Waals surface area contributed by atoms with Gasteiger partial charge in [-0.15, -0.1) is 0 Å². The zero-order chi connectivity index (χ0) is 17.7. The first-order valence-corrected chi connectivity index (χ1v) is 7.42. The van der Waals surface area contributed by atoms with Gasteiger partial charge in [-0.1, -0.05) is 12.1 Å². The highest BCUT2D eigenvalue weighted by atomic mass is 19.1. The second-order valence-corrected chi connectivity index (χ2v) is 5.41. The number of likely N-dealkylation sites (N-methyl/N-ethyl adjacent to an activating group) is 1. The van der Waals surface area contributed by atoms with Gasteiger partial charge in [0.15, 0.2) is 6.61 Å². The summed E-state index contributed by atoms with van der Waals surface area (Å²) in [7, 11) is 1.66. The zero-order valence-electron chi connectivity index (χ0n) is 13.5. The molecule has 2 aromatic carbocycles. The maximum Gasteiger partial charge on any atom is 0.260 e. The lowest BCUT2D eigenvalue weighted by Gasteiger charge is -2.25. The van der Waals surface area contributed by atoms with Gasteiger partial charge in [0.05, 0.1) is 6.04 Å². The average Bonchev–Trinajstić information content (AvgIpc) is 2.59. The number of hydrogen-bond acceptors (Lipinski definition) is 3. The van der Waals surface area contributed by atoms with Gasteiger partial charge >= 0.3 is 0 Å². The van der Waals surface area contributed by atoms with Gasteiger partial charge in [-0.25, -0.2) is 4.39 Å². The molecule has 2 N–H and O–H groups in total. The SMILES string of the molecule is CC(c1ccc(F)cc1)N(C)C(=O)COc1ccc(C(N)=O)cc1. The van der Waals surface area contributed by atoms with E-state index in [1.807, 2.05) is 6.92 Å². The normalized spacial score (nSPS) is 11.6. The number of rotatable bonds is 6. The molecule has 2 amide bonds. The van der Waals surface area contributed by atoms with Gasteiger partial charge in [0, 0.05) is 12.6 Å². The number of nitrogens with two attached hydrogens (primary N) is 1. The monoisotopic (exact) mass is 330 g/mol. The molecule has 1 atom stereocenters. The largest absolute Gasteiger partial charge is 0.484 e. The number of halogens is 1. The second-order valence-electron chi connectivity index (χ2n) is 5.41. The number of carbonyl (C=O) groups is 2. The smallest absolute Gasteiger partial charge is 0.260 e. The Morgan fingerprint density at radius 2 is 1.71 bits per heavy atom. The molecule has 126 valence electrons. The quantitative estimate of drug-likeness (QED) is 0.884. The van der Waals surface area contributed by atoms with Crippen LogP contribution in [-0.2, 0) is 4.79 Å². The highest BCUT2D eigenvalue weighted by Crippen LogP contribution is 2.19. The van der Waals surface area contributed by atoms with Gasteiger partial charge in [-0.2, -0.15) is 0 Å². The number of nitrogens with zero attached hydrogens (tertiary/aromatic N) is 1. The van der Waals surface area contributed by atoms with E-state index in [0.717, 1.165) is 5.56 Å². The fourth-order valence-corrected chi connectivity index (χ4v) is 2.14. The molecule has 2 aromatic rings. The molecular weight excluding hydrogens is 311 g/mol. The van der Waals surface area contributed by atoms with Crippen molar-refractivity contribution in [1.82, 2.24) is 4.90 Å². The molecule has 0 radical (unpaired) electrons. The number of ether oxygens (including phenoxy) is 1. The van der Waals surface area contributed by atoms with E-state index < -0.39 is 5.91 Å². The van der Waals surface area contributed by atoms with Gasteiger partial charge in [0.2, 0.25) is 5.91 Å². The van der Waals surface area contributed by atoms with Crippen molar-refractivity contribution in [2.24, 2.45) is 5.73 Å². The minimum atomic E-state index is -0.523. The third-order valence-electron chi connectivity index (χ3n) is 3.83. The third kappa shape index (κ3) is 4.32. The van der Waals surface area contributed by atoms with Crippen LogP contribution in [0.15, 0.2) is 48.5 Å². The van der Waals surface area contributed by atoms with E-state index in [9.17, 15) is 14.0 Å². The van der Waals surface area contributed by atoms with Gasteiger partial charge in [-0.3, -0.25) is 9.59 Å². The van der Waals surface area contributed by atoms with Crippen molar-refractivity contribution < 1.29 is 18.7 Å². The van der Waals surface area contributed by atoms with Gasteiger partial charge in [-0.05, 0) is 48.9 Å². The molecule has 0 heterocycles. The van der Waals surface area contributed by atoms with Crippen LogP contribution in [0.2, 0.25) is 0 Å². The molecule has 0 aliphatic heterocycles. The Kier molecular flexibility index (Phi) is 5.52. The van der Waals surface area contributed by atoms with Crippen LogP contribution in [-0.4, -0.2) is 30.4 Å². The summed E-state index contributed by atoms with van der Waals surface area (Å²) in [6.45, 7) is 1.71. The van der Waals surface area contributed by atoms with Crippen molar-refractivity contribution in [1.29, 1.82) is 0 Å². The Hall–Kier alpha value is -2.89. The van der Waals surface area contributed by atoms with E-state index >= 15 is 0 Å². The lowest BCUT2D eigenvalue weighted by molar-refractivity contribution is -0.134. The number of benzene rings is 2. The van der Waals surface area contributed by atoms with Crippen molar-refractivity contribution in [3.8, 4) is 5.75 Å². The Balaban J connectivity index is 1.93. The molecule has 2 rings (SSSR count). The van der Waals surface area contributed by atoms with Crippen molar-refractivity contribution in [3.63, 3.8) is 0 Å². The third-order valence-corrected chi connectivity index (χ3v) is 3.83. The number of carbonyl (C=O) groups excluding carboxylic acids is 2. The van der Waals surface area contributed by atoms with Gasteiger partial charge in [0.25, 0.3) is 5.91 Å². The number of amides is 2. The molecule has 1 unspecified atom stereocenters. The molecule has 5 nitrogen and oxygen atoms in total.